The molecule has 1 N–H and O–H groups in total. The Balaban J connectivity index is 2.15. The van der Waals surface area contributed by atoms with Gasteiger partial charge in [0.25, 0.3) is 0 Å². The Hall–Kier alpha value is -0.530. The van der Waals surface area contributed by atoms with E-state index in [2.05, 4.69) is 45.1 Å². The quantitative estimate of drug-likeness (QED) is 0.762. The molecule has 2 heteroatoms. The highest BCUT2D eigenvalue weighted by Crippen LogP contribution is 2.37. The number of nitrogens with one attached hydrogen (secondary N) is 1. The van der Waals surface area contributed by atoms with Crippen molar-refractivity contribution in [1.82, 2.24) is 5.32 Å². The molecule has 0 heterocycles. The molecule has 1 aromatic carbocycles. The van der Waals surface area contributed by atoms with Gasteiger partial charge in [-0.3, -0.25) is 0 Å². The monoisotopic (exact) mass is 293 g/mol. The summed E-state index contributed by atoms with van der Waals surface area (Å²) in [6, 6.07) is 9.35. The molecular weight excluding hydrogens is 266 g/mol. The van der Waals surface area contributed by atoms with Gasteiger partial charge < -0.3 is 5.32 Å². The van der Waals surface area contributed by atoms with Crippen molar-refractivity contribution in [3.8, 4) is 0 Å². The van der Waals surface area contributed by atoms with Crippen LogP contribution in [0.3, 0.4) is 0 Å². The van der Waals surface area contributed by atoms with Gasteiger partial charge in [-0.05, 0) is 41.9 Å². The molecule has 1 fully saturated rings. The first-order chi connectivity index (χ1) is 9.40. The van der Waals surface area contributed by atoms with E-state index in [0.717, 1.165) is 5.02 Å². The highest BCUT2D eigenvalue weighted by Gasteiger charge is 2.34. The fourth-order valence-electron chi connectivity index (χ4n) is 3.36. The first-order valence-electron chi connectivity index (χ1n) is 7.91. The van der Waals surface area contributed by atoms with E-state index in [1.807, 2.05) is 12.1 Å². The highest BCUT2D eigenvalue weighted by atomic mass is 35.5. The zero-order valence-electron chi connectivity index (χ0n) is 13.2. The molecule has 0 saturated heterocycles. The summed E-state index contributed by atoms with van der Waals surface area (Å²) in [7, 11) is 0. The summed E-state index contributed by atoms with van der Waals surface area (Å²) in [6.07, 6.45) is 5.35. The van der Waals surface area contributed by atoms with Crippen molar-refractivity contribution in [3.05, 3.63) is 34.9 Å². The fourth-order valence-corrected chi connectivity index (χ4v) is 3.49. The van der Waals surface area contributed by atoms with Crippen LogP contribution in [-0.2, 0) is 0 Å². The van der Waals surface area contributed by atoms with Gasteiger partial charge in [0.05, 0.1) is 0 Å². The Morgan fingerprint density at radius 2 is 1.80 bits per heavy atom. The standard InChI is InChI=1S/C18H28ClN/c1-13(2)17(14-8-10-15(19)11-9-14)20-16-7-5-6-12-18(16,3)4/h8-11,13,16-17,20H,5-7,12H2,1-4H3. The maximum absolute atomic E-state index is 6.01. The van der Waals surface area contributed by atoms with Crippen LogP contribution in [0.4, 0.5) is 0 Å². The zero-order chi connectivity index (χ0) is 14.8. The lowest BCUT2D eigenvalue weighted by atomic mass is 9.72. The third kappa shape index (κ3) is 3.77. The predicted octanol–water partition coefficient (Wildman–Crippen LogP) is 5.60. The molecule has 2 unspecified atom stereocenters. The average Bonchev–Trinajstić information content (AvgIpc) is 2.38. The Morgan fingerprint density at radius 1 is 1.15 bits per heavy atom. The van der Waals surface area contributed by atoms with Crippen LogP contribution in [0.15, 0.2) is 24.3 Å². The van der Waals surface area contributed by atoms with Crippen LogP contribution in [-0.4, -0.2) is 6.04 Å². The third-order valence-electron chi connectivity index (χ3n) is 4.78. The van der Waals surface area contributed by atoms with Gasteiger partial charge in [0.15, 0.2) is 0 Å². The summed E-state index contributed by atoms with van der Waals surface area (Å²) in [4.78, 5) is 0. The van der Waals surface area contributed by atoms with Crippen molar-refractivity contribution >= 4 is 11.6 Å². The maximum atomic E-state index is 6.01. The van der Waals surface area contributed by atoms with Crippen LogP contribution in [0.5, 0.6) is 0 Å². The summed E-state index contributed by atoms with van der Waals surface area (Å²) < 4.78 is 0. The van der Waals surface area contributed by atoms with Crippen LogP contribution >= 0.6 is 11.6 Å². The summed E-state index contributed by atoms with van der Waals surface area (Å²) >= 11 is 6.01. The van der Waals surface area contributed by atoms with Gasteiger partial charge in [0.2, 0.25) is 0 Å². The summed E-state index contributed by atoms with van der Waals surface area (Å²) in [5.74, 6) is 0.578. The van der Waals surface area contributed by atoms with E-state index in [-0.39, 0.29) is 0 Å². The Labute approximate surface area is 129 Å². The van der Waals surface area contributed by atoms with E-state index >= 15 is 0 Å². The number of hydrogen-bond acceptors (Lipinski definition) is 1. The SMILES string of the molecule is CC(C)C(NC1CCCCC1(C)C)c1ccc(Cl)cc1. The van der Waals surface area contributed by atoms with Crippen molar-refractivity contribution in [3.63, 3.8) is 0 Å². The Bertz CT molecular complexity index is 422. The van der Waals surface area contributed by atoms with E-state index in [0.29, 0.717) is 23.4 Å². The molecule has 0 radical (unpaired) electrons. The van der Waals surface area contributed by atoms with Crippen molar-refractivity contribution < 1.29 is 0 Å². The second kappa shape index (κ2) is 6.49. The Morgan fingerprint density at radius 3 is 2.35 bits per heavy atom. The van der Waals surface area contributed by atoms with Gasteiger partial charge >= 0.3 is 0 Å². The zero-order valence-corrected chi connectivity index (χ0v) is 14.0. The lowest BCUT2D eigenvalue weighted by Crippen LogP contribution is -2.46. The number of benzene rings is 1. The first-order valence-corrected chi connectivity index (χ1v) is 8.29. The molecule has 112 valence electrons. The topological polar surface area (TPSA) is 12.0 Å². The van der Waals surface area contributed by atoms with E-state index in [4.69, 9.17) is 11.6 Å². The maximum Gasteiger partial charge on any atom is 0.0406 e. The van der Waals surface area contributed by atoms with Crippen LogP contribution in [0.1, 0.15) is 65.0 Å². The highest BCUT2D eigenvalue weighted by molar-refractivity contribution is 6.30. The molecule has 1 nitrogen and oxygen atoms in total. The molecule has 1 aliphatic carbocycles. The minimum absolute atomic E-state index is 0.401. The van der Waals surface area contributed by atoms with Crippen molar-refractivity contribution in [2.45, 2.75) is 65.5 Å². The van der Waals surface area contributed by atoms with Crippen LogP contribution < -0.4 is 5.32 Å². The van der Waals surface area contributed by atoms with Crippen LogP contribution in [0, 0.1) is 11.3 Å². The lowest BCUT2D eigenvalue weighted by molar-refractivity contribution is 0.146. The lowest BCUT2D eigenvalue weighted by Gasteiger charge is -2.42. The van der Waals surface area contributed by atoms with E-state index in [9.17, 15) is 0 Å². The minimum Gasteiger partial charge on any atom is -0.306 e. The van der Waals surface area contributed by atoms with E-state index in [1.54, 1.807) is 0 Å². The normalized spacial score (nSPS) is 23.8. The third-order valence-corrected chi connectivity index (χ3v) is 5.04. The van der Waals surface area contributed by atoms with Crippen molar-refractivity contribution in [1.29, 1.82) is 0 Å². The predicted molar refractivity (Wildman–Crippen MR) is 88.2 cm³/mol. The molecule has 20 heavy (non-hydrogen) atoms. The second-order valence-corrected chi connectivity index (χ2v) is 7.66. The van der Waals surface area contributed by atoms with Gasteiger partial charge in [-0.2, -0.15) is 0 Å². The minimum atomic E-state index is 0.401. The summed E-state index contributed by atoms with van der Waals surface area (Å²) in [5.41, 5.74) is 1.75. The number of halogens is 1. The molecule has 0 spiro atoms. The molecule has 0 bridgehead atoms. The van der Waals surface area contributed by atoms with Gasteiger partial charge in [-0.25, -0.2) is 0 Å². The molecule has 1 aliphatic rings. The molecule has 0 amide bonds. The van der Waals surface area contributed by atoms with Crippen LogP contribution in [0.2, 0.25) is 5.02 Å². The summed E-state index contributed by atoms with van der Waals surface area (Å²) in [6.45, 7) is 9.40. The molecule has 1 saturated carbocycles. The van der Waals surface area contributed by atoms with Crippen LogP contribution in [0.25, 0.3) is 0 Å². The van der Waals surface area contributed by atoms with Crippen molar-refractivity contribution in [2.24, 2.45) is 11.3 Å². The smallest absolute Gasteiger partial charge is 0.0406 e. The molecule has 1 aromatic rings. The van der Waals surface area contributed by atoms with Gasteiger partial charge in [-0.1, -0.05) is 64.3 Å². The fraction of sp³-hybridized carbons (Fsp3) is 0.667. The van der Waals surface area contributed by atoms with Crippen molar-refractivity contribution in [2.75, 3.05) is 0 Å². The van der Waals surface area contributed by atoms with Gasteiger partial charge in [-0.15, -0.1) is 0 Å². The molecule has 0 aromatic heterocycles. The van der Waals surface area contributed by atoms with E-state index in [1.165, 1.54) is 31.2 Å². The molecular formula is C18H28ClN. The number of rotatable bonds is 4. The molecule has 0 aliphatic heterocycles. The average molecular weight is 294 g/mol. The molecule has 2 rings (SSSR count). The second-order valence-electron chi connectivity index (χ2n) is 7.23. The summed E-state index contributed by atoms with van der Waals surface area (Å²) in [5, 5.41) is 4.75. The Kier molecular flexibility index (Phi) is 5.14. The first kappa shape index (κ1) is 15.9. The van der Waals surface area contributed by atoms with E-state index < -0.39 is 0 Å². The van der Waals surface area contributed by atoms with Gasteiger partial charge in [0.1, 0.15) is 0 Å². The molecule has 2 atom stereocenters. The number of hydrogen-bond donors (Lipinski definition) is 1. The largest absolute Gasteiger partial charge is 0.306 e. The van der Waals surface area contributed by atoms with Gasteiger partial charge in [0, 0.05) is 17.1 Å².